The molecule has 0 rings (SSSR count). The van der Waals surface area contributed by atoms with E-state index in [0.29, 0.717) is 0 Å². The zero-order valence-electron chi connectivity index (χ0n) is 5.66. The van der Waals surface area contributed by atoms with Gasteiger partial charge in [0, 0.05) is 21.7 Å². The maximum Gasteiger partial charge on any atom is 2.00 e. The standard InChI is InChI=1S/Ba.6FH.Ti.2H/h;6*1H;;;/q+2;;;;;;;;2*-1. The monoisotopic (exact) mass is 308 g/mol. The normalized spacial score (nSPS) is 0. The SMILES string of the molecule is F.F.F.F.F.F.[Ba+2].[H-].[H-].[Ti]. The van der Waals surface area contributed by atoms with E-state index in [2.05, 4.69) is 0 Å². The molecule has 0 aliphatic carbocycles. The van der Waals surface area contributed by atoms with E-state index in [1.807, 2.05) is 0 Å². The molecule has 8 heavy (non-hydrogen) atoms. The summed E-state index contributed by atoms with van der Waals surface area (Å²) in [5.41, 5.74) is 0. The number of hydrogen-bond donors (Lipinski definition) is 0. The van der Waals surface area contributed by atoms with Crippen LogP contribution < -0.4 is 0 Å². The van der Waals surface area contributed by atoms with Gasteiger partial charge in [-0.2, -0.15) is 0 Å². The van der Waals surface area contributed by atoms with E-state index in [-0.39, 0.29) is 102 Å². The van der Waals surface area contributed by atoms with Crippen LogP contribution in [-0.4, -0.2) is 48.9 Å². The van der Waals surface area contributed by atoms with Gasteiger partial charge in [0.25, 0.3) is 0 Å². The van der Waals surface area contributed by atoms with Crippen LogP contribution in [0.15, 0.2) is 0 Å². The number of rotatable bonds is 0. The van der Waals surface area contributed by atoms with E-state index in [9.17, 15) is 0 Å². The Hall–Kier alpha value is 1.87. The summed E-state index contributed by atoms with van der Waals surface area (Å²) in [6.07, 6.45) is 0. The Bertz CT molecular complexity index is 15.7. The van der Waals surface area contributed by atoms with Crippen LogP contribution in [0, 0.1) is 0 Å². The quantitative estimate of drug-likeness (QED) is 0.458. The third kappa shape index (κ3) is 107. The first-order valence-corrected chi connectivity index (χ1v) is 0. The summed E-state index contributed by atoms with van der Waals surface area (Å²) in [4.78, 5) is 0. The molecule has 0 bridgehead atoms. The molecule has 0 amide bonds. The Balaban J connectivity index is 0. The second-order valence-corrected chi connectivity index (χ2v) is 0. The molecule has 0 N–H and O–H groups in total. The first kappa shape index (κ1) is 223. The van der Waals surface area contributed by atoms with E-state index >= 15 is 0 Å². The van der Waals surface area contributed by atoms with Gasteiger partial charge < -0.3 is 2.85 Å². The molecule has 0 nitrogen and oxygen atoms in total. The predicted molar refractivity (Wildman–Crippen MR) is 23.0 cm³/mol. The van der Waals surface area contributed by atoms with Gasteiger partial charge >= 0.3 is 48.9 Å². The summed E-state index contributed by atoms with van der Waals surface area (Å²) in [6, 6.07) is 0. The Kier molecular flexibility index (Phi) is 4390. The molecule has 0 heterocycles. The zero-order valence-corrected chi connectivity index (χ0v) is 9.66. The van der Waals surface area contributed by atoms with Gasteiger partial charge in [-0.25, -0.2) is 0 Å². The molecule has 0 aromatic rings. The van der Waals surface area contributed by atoms with Crippen LogP contribution in [0.1, 0.15) is 2.85 Å². The van der Waals surface area contributed by atoms with Crippen molar-refractivity contribution in [1.29, 1.82) is 0 Å². The van der Waals surface area contributed by atoms with Crippen LogP contribution in [0.3, 0.4) is 0 Å². The number of halogens is 6. The summed E-state index contributed by atoms with van der Waals surface area (Å²) in [5.74, 6) is 0. The van der Waals surface area contributed by atoms with Crippen molar-refractivity contribution >= 4 is 48.9 Å². The fourth-order valence-corrected chi connectivity index (χ4v) is 0. The van der Waals surface area contributed by atoms with Gasteiger partial charge in [-0.3, -0.25) is 28.2 Å². The minimum Gasteiger partial charge on any atom is -1.00 e. The minimum absolute atomic E-state index is 0. The zero-order chi connectivity index (χ0) is 0. The molecule has 0 aliphatic heterocycles. The molecule has 0 saturated heterocycles. The average Bonchev–Trinajstić information content (AvgIpc) is 0. The third-order valence-electron chi connectivity index (χ3n) is 0. The van der Waals surface area contributed by atoms with Crippen molar-refractivity contribution in [3.8, 4) is 0 Å². The predicted octanol–water partition coefficient (Wildman–Crippen LogP) is 0.757. The van der Waals surface area contributed by atoms with Crippen LogP contribution in [0.5, 0.6) is 0 Å². The largest absolute Gasteiger partial charge is 2.00 e. The third-order valence-corrected chi connectivity index (χ3v) is 0. The molecular weight excluding hydrogens is 299 g/mol. The van der Waals surface area contributed by atoms with Crippen molar-refractivity contribution in [3.05, 3.63) is 0 Å². The van der Waals surface area contributed by atoms with Gasteiger partial charge in [0.2, 0.25) is 0 Å². The van der Waals surface area contributed by atoms with Crippen molar-refractivity contribution in [3.63, 3.8) is 0 Å². The first-order chi connectivity index (χ1) is 0. The number of hydrogen-bond acceptors (Lipinski definition) is 0. The van der Waals surface area contributed by atoms with Crippen molar-refractivity contribution in [1.82, 2.24) is 0 Å². The summed E-state index contributed by atoms with van der Waals surface area (Å²) in [6.45, 7) is 0. The Labute approximate surface area is 100 Å². The second-order valence-electron chi connectivity index (χ2n) is 0. The van der Waals surface area contributed by atoms with E-state index in [1.54, 1.807) is 0 Å². The minimum atomic E-state index is 0. The Morgan fingerprint density at radius 2 is 0.500 bits per heavy atom. The van der Waals surface area contributed by atoms with Gasteiger partial charge in [-0.05, 0) is 0 Å². The molecule has 0 unspecified atom stereocenters. The molecular formula is H8BaF6Ti. The van der Waals surface area contributed by atoms with Crippen molar-refractivity contribution < 1.29 is 52.8 Å². The molecule has 0 atom stereocenters. The van der Waals surface area contributed by atoms with E-state index in [1.165, 1.54) is 0 Å². The smallest absolute Gasteiger partial charge is 1.00 e. The molecule has 0 aromatic heterocycles. The van der Waals surface area contributed by atoms with E-state index < -0.39 is 0 Å². The molecule has 0 fully saturated rings. The Morgan fingerprint density at radius 1 is 0.500 bits per heavy atom. The van der Waals surface area contributed by atoms with E-state index in [0.717, 1.165) is 0 Å². The van der Waals surface area contributed by atoms with Crippen LogP contribution in [0.2, 0.25) is 0 Å². The van der Waals surface area contributed by atoms with E-state index in [4.69, 9.17) is 0 Å². The van der Waals surface area contributed by atoms with Gasteiger partial charge in [-0.1, -0.05) is 0 Å². The molecule has 0 aromatic carbocycles. The first-order valence-electron chi connectivity index (χ1n) is 0. The topological polar surface area (TPSA) is 0 Å². The van der Waals surface area contributed by atoms with Gasteiger partial charge in [0.15, 0.2) is 0 Å². The Morgan fingerprint density at radius 3 is 0.500 bits per heavy atom. The van der Waals surface area contributed by atoms with Crippen LogP contribution >= 0.6 is 0 Å². The molecule has 8 heteroatoms. The molecule has 56 valence electrons. The van der Waals surface area contributed by atoms with Gasteiger partial charge in [-0.15, -0.1) is 0 Å². The van der Waals surface area contributed by atoms with Gasteiger partial charge in [0.05, 0.1) is 0 Å². The van der Waals surface area contributed by atoms with Crippen LogP contribution in [0.25, 0.3) is 0 Å². The summed E-state index contributed by atoms with van der Waals surface area (Å²) in [5, 5.41) is 0. The molecule has 0 saturated carbocycles. The van der Waals surface area contributed by atoms with Crippen molar-refractivity contribution in [2.24, 2.45) is 0 Å². The average molecular weight is 307 g/mol. The molecule has 0 aliphatic rings. The maximum atomic E-state index is 0. The van der Waals surface area contributed by atoms with Crippen molar-refractivity contribution in [2.75, 3.05) is 0 Å². The summed E-state index contributed by atoms with van der Waals surface area (Å²) >= 11 is 0. The second kappa shape index (κ2) is 158. The van der Waals surface area contributed by atoms with Crippen LogP contribution in [-0.2, 0) is 21.7 Å². The van der Waals surface area contributed by atoms with Crippen LogP contribution in [0.4, 0.5) is 28.2 Å². The maximum absolute atomic E-state index is 0. The molecule has 0 spiro atoms. The summed E-state index contributed by atoms with van der Waals surface area (Å²) < 4.78 is 0. The fourth-order valence-electron chi connectivity index (χ4n) is 0. The molecule has 0 radical (unpaired) electrons. The summed E-state index contributed by atoms with van der Waals surface area (Å²) in [7, 11) is 0. The fraction of sp³-hybridized carbons (Fsp3) is 0. The van der Waals surface area contributed by atoms with Gasteiger partial charge in [0.1, 0.15) is 0 Å². The van der Waals surface area contributed by atoms with Crippen molar-refractivity contribution in [2.45, 2.75) is 0 Å².